The lowest BCUT2D eigenvalue weighted by Gasteiger charge is -1.91. The Labute approximate surface area is 87.2 Å². The Balaban J connectivity index is 3.16. The largest absolute Gasteiger partial charge is 0.223 e. The van der Waals surface area contributed by atoms with Crippen molar-refractivity contribution in [2.75, 3.05) is 6.26 Å². The minimum absolute atomic E-state index is 0.195. The van der Waals surface area contributed by atoms with Gasteiger partial charge in [0.15, 0.2) is 9.84 Å². The molecule has 1 heterocycles. The molecule has 0 aliphatic carbocycles. The molecule has 0 aliphatic heterocycles. The lowest BCUT2D eigenvalue weighted by atomic mass is 10.4. The molecule has 0 N–H and O–H groups in total. The number of hydrogen-bond donors (Lipinski definition) is 0. The maximum absolute atomic E-state index is 11.1. The number of rotatable bonds is 2. The average molecular weight is 227 g/mol. The van der Waals surface area contributed by atoms with Gasteiger partial charge in [0, 0.05) is 16.0 Å². The second-order valence-corrected chi connectivity index (χ2v) is 6.14. The molecule has 0 saturated heterocycles. The fraction of sp³-hybridized carbons (Fsp3) is 0.222. The molecule has 0 spiro atoms. The predicted octanol–water partition coefficient (Wildman–Crippen LogP) is 1.97. The van der Waals surface area contributed by atoms with E-state index in [0.29, 0.717) is 0 Å². The fourth-order valence-electron chi connectivity index (χ4n) is 0.882. The molecule has 0 atom stereocenters. The normalized spacial score (nSPS) is 12.5. The molecule has 1 rings (SSSR count). The number of thiophene rings is 1. The third-order valence-corrected chi connectivity index (χ3v) is 3.50. The van der Waals surface area contributed by atoms with Crippen LogP contribution in [0.5, 0.6) is 0 Å². The van der Waals surface area contributed by atoms with Gasteiger partial charge >= 0.3 is 0 Å². The fourth-order valence-corrected chi connectivity index (χ4v) is 2.28. The molecule has 0 bridgehead atoms. The Morgan fingerprint density at radius 3 is 2.57 bits per heavy atom. The van der Waals surface area contributed by atoms with Gasteiger partial charge < -0.3 is 0 Å². The molecular weight excluding hydrogens is 218 g/mol. The SMILES string of the molecule is Cc1ccc(/C=C(/C#N)S(C)(=O)=O)s1. The summed E-state index contributed by atoms with van der Waals surface area (Å²) in [5.74, 6) is 0. The van der Waals surface area contributed by atoms with Crippen LogP contribution >= 0.6 is 11.3 Å². The number of hydrogen-bond acceptors (Lipinski definition) is 4. The van der Waals surface area contributed by atoms with E-state index < -0.39 is 9.84 Å². The van der Waals surface area contributed by atoms with Gasteiger partial charge in [-0.2, -0.15) is 5.26 Å². The molecule has 0 unspecified atom stereocenters. The van der Waals surface area contributed by atoms with Crippen molar-refractivity contribution in [3.05, 3.63) is 26.8 Å². The molecule has 0 fully saturated rings. The number of aryl methyl sites for hydroxylation is 1. The number of nitriles is 1. The quantitative estimate of drug-likeness (QED) is 0.726. The first-order valence-electron chi connectivity index (χ1n) is 3.82. The molecule has 14 heavy (non-hydrogen) atoms. The van der Waals surface area contributed by atoms with Crippen molar-refractivity contribution in [2.24, 2.45) is 0 Å². The van der Waals surface area contributed by atoms with E-state index in [4.69, 9.17) is 5.26 Å². The van der Waals surface area contributed by atoms with Crippen LogP contribution in [0.4, 0.5) is 0 Å². The van der Waals surface area contributed by atoms with Crippen LogP contribution in [-0.2, 0) is 9.84 Å². The third-order valence-electron chi connectivity index (χ3n) is 1.54. The summed E-state index contributed by atoms with van der Waals surface area (Å²) in [5.41, 5.74) is 0. The van der Waals surface area contributed by atoms with Gasteiger partial charge in [-0.3, -0.25) is 0 Å². The predicted molar refractivity (Wildman–Crippen MR) is 57.5 cm³/mol. The topological polar surface area (TPSA) is 57.9 Å². The molecule has 3 nitrogen and oxygen atoms in total. The van der Waals surface area contributed by atoms with Gasteiger partial charge in [-0.15, -0.1) is 11.3 Å². The van der Waals surface area contributed by atoms with Crippen LogP contribution in [0, 0.1) is 18.3 Å². The van der Waals surface area contributed by atoms with Gasteiger partial charge in [-0.25, -0.2) is 8.42 Å². The molecular formula is C9H9NO2S2. The summed E-state index contributed by atoms with van der Waals surface area (Å²) >= 11 is 1.46. The highest BCUT2D eigenvalue weighted by Gasteiger charge is 2.10. The molecule has 5 heteroatoms. The molecule has 0 saturated carbocycles. The van der Waals surface area contributed by atoms with Gasteiger partial charge in [-0.1, -0.05) is 0 Å². The number of nitrogens with zero attached hydrogens (tertiary/aromatic N) is 1. The van der Waals surface area contributed by atoms with E-state index in [9.17, 15) is 8.42 Å². The van der Waals surface area contributed by atoms with Crippen LogP contribution in [0.1, 0.15) is 9.75 Å². The molecule has 0 aliphatic rings. The van der Waals surface area contributed by atoms with Crippen molar-refractivity contribution >= 4 is 27.3 Å². The van der Waals surface area contributed by atoms with E-state index in [2.05, 4.69) is 0 Å². The second kappa shape index (κ2) is 3.95. The van der Waals surface area contributed by atoms with Gasteiger partial charge in [-0.05, 0) is 25.1 Å². The van der Waals surface area contributed by atoms with E-state index in [1.807, 2.05) is 13.0 Å². The minimum atomic E-state index is -3.40. The molecule has 1 aromatic heterocycles. The van der Waals surface area contributed by atoms with Crippen LogP contribution in [-0.4, -0.2) is 14.7 Å². The van der Waals surface area contributed by atoms with E-state index in [-0.39, 0.29) is 4.91 Å². The smallest absolute Gasteiger partial charge is 0.185 e. The van der Waals surface area contributed by atoms with Gasteiger partial charge in [0.1, 0.15) is 11.0 Å². The van der Waals surface area contributed by atoms with Gasteiger partial charge in [0.2, 0.25) is 0 Å². The zero-order chi connectivity index (χ0) is 10.8. The van der Waals surface area contributed by atoms with E-state index in [1.54, 1.807) is 12.1 Å². The van der Waals surface area contributed by atoms with Crippen LogP contribution in [0.2, 0.25) is 0 Å². The lowest BCUT2D eigenvalue weighted by Crippen LogP contribution is -1.97. The molecule has 1 aromatic rings. The Morgan fingerprint density at radius 1 is 1.57 bits per heavy atom. The van der Waals surface area contributed by atoms with Crippen molar-refractivity contribution < 1.29 is 8.42 Å². The summed E-state index contributed by atoms with van der Waals surface area (Å²) in [7, 11) is -3.40. The summed E-state index contributed by atoms with van der Waals surface area (Å²) in [4.78, 5) is 1.67. The Hall–Kier alpha value is -1.12. The highest BCUT2D eigenvalue weighted by molar-refractivity contribution is 7.95. The van der Waals surface area contributed by atoms with Crippen molar-refractivity contribution in [3.63, 3.8) is 0 Å². The van der Waals surface area contributed by atoms with Crippen molar-refractivity contribution in [2.45, 2.75) is 6.92 Å². The van der Waals surface area contributed by atoms with E-state index >= 15 is 0 Å². The highest BCUT2D eigenvalue weighted by Crippen LogP contribution is 2.19. The zero-order valence-corrected chi connectivity index (χ0v) is 9.45. The summed E-state index contributed by atoms with van der Waals surface area (Å²) in [6, 6.07) is 5.36. The minimum Gasteiger partial charge on any atom is -0.223 e. The van der Waals surface area contributed by atoms with Crippen molar-refractivity contribution in [1.29, 1.82) is 5.26 Å². The first-order valence-corrected chi connectivity index (χ1v) is 6.52. The molecule has 0 radical (unpaired) electrons. The molecule has 0 amide bonds. The summed E-state index contributed by atoms with van der Waals surface area (Å²) in [6.45, 7) is 1.93. The Kier molecular flexibility index (Phi) is 3.09. The standard InChI is InChI=1S/C9H9NO2S2/c1-7-3-4-8(13-7)5-9(6-10)14(2,11)12/h3-5H,1-2H3/b9-5-. The molecule has 0 aromatic carbocycles. The number of sulfone groups is 1. The maximum atomic E-state index is 11.1. The summed E-state index contributed by atoms with van der Waals surface area (Å²) in [6.07, 6.45) is 2.43. The lowest BCUT2D eigenvalue weighted by molar-refractivity contribution is 0.609. The maximum Gasteiger partial charge on any atom is 0.185 e. The van der Waals surface area contributed by atoms with Crippen LogP contribution in [0.25, 0.3) is 6.08 Å². The van der Waals surface area contributed by atoms with Crippen molar-refractivity contribution in [3.8, 4) is 6.07 Å². The third kappa shape index (κ3) is 2.69. The van der Waals surface area contributed by atoms with Crippen molar-refractivity contribution in [1.82, 2.24) is 0 Å². The van der Waals surface area contributed by atoms with Crippen LogP contribution in [0.15, 0.2) is 17.0 Å². The zero-order valence-electron chi connectivity index (χ0n) is 7.81. The van der Waals surface area contributed by atoms with E-state index in [0.717, 1.165) is 16.0 Å². The van der Waals surface area contributed by atoms with Crippen LogP contribution < -0.4 is 0 Å². The van der Waals surface area contributed by atoms with Gasteiger partial charge in [0.05, 0.1) is 0 Å². The van der Waals surface area contributed by atoms with E-state index in [1.165, 1.54) is 17.4 Å². The first-order chi connectivity index (χ1) is 6.43. The number of allylic oxidation sites excluding steroid dienone is 1. The Bertz CT molecular complexity index is 503. The monoisotopic (exact) mass is 227 g/mol. The van der Waals surface area contributed by atoms with Gasteiger partial charge in [0.25, 0.3) is 0 Å². The summed E-state index contributed by atoms with van der Waals surface area (Å²) < 4.78 is 22.2. The Morgan fingerprint density at radius 2 is 2.21 bits per heavy atom. The highest BCUT2D eigenvalue weighted by atomic mass is 32.2. The van der Waals surface area contributed by atoms with Crippen LogP contribution in [0.3, 0.4) is 0 Å². The average Bonchev–Trinajstić information content (AvgIpc) is 2.45. The first kappa shape index (κ1) is 11.0. The molecule has 74 valence electrons. The summed E-state index contributed by atoms with van der Waals surface area (Å²) in [5, 5.41) is 8.64. The second-order valence-electron chi connectivity index (χ2n) is 2.84.